The van der Waals surface area contributed by atoms with Gasteiger partial charge in [-0.1, -0.05) is 13.8 Å². The highest BCUT2D eigenvalue weighted by molar-refractivity contribution is 5.76. The van der Waals surface area contributed by atoms with E-state index in [9.17, 15) is 4.79 Å². The summed E-state index contributed by atoms with van der Waals surface area (Å²) in [6.07, 6.45) is 4.06. The third-order valence-corrected chi connectivity index (χ3v) is 3.11. The molecule has 3 heteroatoms. The van der Waals surface area contributed by atoms with Gasteiger partial charge < -0.3 is 10.1 Å². The quantitative estimate of drug-likeness (QED) is 0.759. The minimum absolute atomic E-state index is 0.159. The Morgan fingerprint density at radius 3 is 2.73 bits per heavy atom. The van der Waals surface area contributed by atoms with Crippen LogP contribution in [-0.2, 0) is 9.53 Å². The van der Waals surface area contributed by atoms with Crippen LogP contribution in [0.4, 0.5) is 0 Å². The monoisotopic (exact) mass is 213 g/mol. The number of carbonyl (C=O) groups excluding carboxylic acids is 1. The zero-order valence-corrected chi connectivity index (χ0v) is 10.1. The molecule has 1 saturated heterocycles. The van der Waals surface area contributed by atoms with Gasteiger partial charge in [0.25, 0.3) is 0 Å². The molecular formula is C12H23NO2. The molecule has 0 aliphatic carbocycles. The third-order valence-electron chi connectivity index (χ3n) is 3.11. The molecule has 1 aliphatic heterocycles. The zero-order valence-electron chi connectivity index (χ0n) is 10.1. The molecule has 1 heterocycles. The van der Waals surface area contributed by atoms with Gasteiger partial charge in [-0.15, -0.1) is 0 Å². The maximum atomic E-state index is 11.5. The second-order valence-corrected chi connectivity index (χ2v) is 4.77. The van der Waals surface area contributed by atoms with E-state index in [1.807, 2.05) is 0 Å². The molecular weight excluding hydrogens is 190 g/mol. The number of hydrogen-bond acceptors (Lipinski definition) is 2. The van der Waals surface area contributed by atoms with Gasteiger partial charge in [0.05, 0.1) is 6.10 Å². The second-order valence-electron chi connectivity index (χ2n) is 4.77. The molecule has 15 heavy (non-hydrogen) atoms. The maximum absolute atomic E-state index is 11.5. The summed E-state index contributed by atoms with van der Waals surface area (Å²) in [6.45, 7) is 7.15. The van der Waals surface area contributed by atoms with E-state index in [2.05, 4.69) is 26.1 Å². The second kappa shape index (κ2) is 6.11. The SMILES string of the molecule is CC(C)[C@@H](C)NC(=O)CC[C@@H]1CCCO1. The first kappa shape index (κ1) is 12.5. The van der Waals surface area contributed by atoms with Gasteiger partial charge in [-0.2, -0.15) is 0 Å². The minimum atomic E-state index is 0.159. The van der Waals surface area contributed by atoms with E-state index in [0.717, 1.165) is 25.9 Å². The molecule has 0 aromatic rings. The van der Waals surface area contributed by atoms with Crippen molar-refractivity contribution in [2.75, 3.05) is 6.61 Å². The molecule has 1 aliphatic rings. The van der Waals surface area contributed by atoms with E-state index in [0.29, 0.717) is 18.4 Å². The standard InChI is InChI=1S/C12H23NO2/c1-9(2)10(3)13-12(14)7-6-11-5-4-8-15-11/h9-11H,4-8H2,1-3H3,(H,13,14)/t10-,11+/m1/s1. The van der Waals surface area contributed by atoms with Crippen molar-refractivity contribution in [3.8, 4) is 0 Å². The van der Waals surface area contributed by atoms with E-state index in [1.54, 1.807) is 0 Å². The highest BCUT2D eigenvalue weighted by Gasteiger charge is 2.17. The Bertz CT molecular complexity index is 198. The van der Waals surface area contributed by atoms with Gasteiger partial charge in [0.15, 0.2) is 0 Å². The fraction of sp³-hybridized carbons (Fsp3) is 0.917. The molecule has 0 spiro atoms. The van der Waals surface area contributed by atoms with Crippen molar-refractivity contribution in [1.82, 2.24) is 5.32 Å². The summed E-state index contributed by atoms with van der Waals surface area (Å²) in [5.74, 6) is 0.656. The van der Waals surface area contributed by atoms with Crippen molar-refractivity contribution in [2.24, 2.45) is 5.92 Å². The first-order valence-electron chi connectivity index (χ1n) is 6.00. The predicted molar refractivity (Wildman–Crippen MR) is 60.7 cm³/mol. The number of nitrogens with one attached hydrogen (secondary N) is 1. The third kappa shape index (κ3) is 4.65. The molecule has 0 saturated carbocycles. The van der Waals surface area contributed by atoms with Gasteiger partial charge in [0, 0.05) is 19.1 Å². The summed E-state index contributed by atoms with van der Waals surface area (Å²) in [5.41, 5.74) is 0. The van der Waals surface area contributed by atoms with Crippen LogP contribution in [-0.4, -0.2) is 24.7 Å². The van der Waals surface area contributed by atoms with Crippen LogP contribution in [0.25, 0.3) is 0 Å². The Morgan fingerprint density at radius 2 is 2.20 bits per heavy atom. The van der Waals surface area contributed by atoms with Crippen LogP contribution in [0.5, 0.6) is 0 Å². The molecule has 0 unspecified atom stereocenters. The normalized spacial score (nSPS) is 23.1. The van der Waals surface area contributed by atoms with Gasteiger partial charge in [-0.25, -0.2) is 0 Å². The first-order chi connectivity index (χ1) is 7.09. The fourth-order valence-corrected chi connectivity index (χ4v) is 1.66. The lowest BCUT2D eigenvalue weighted by Crippen LogP contribution is -2.36. The van der Waals surface area contributed by atoms with E-state index in [1.165, 1.54) is 0 Å². The van der Waals surface area contributed by atoms with Crippen LogP contribution in [0.2, 0.25) is 0 Å². The van der Waals surface area contributed by atoms with Gasteiger partial charge in [0.1, 0.15) is 0 Å². The summed E-state index contributed by atoms with van der Waals surface area (Å²) in [4.78, 5) is 11.5. The van der Waals surface area contributed by atoms with Crippen LogP contribution < -0.4 is 5.32 Å². The lowest BCUT2D eigenvalue weighted by Gasteiger charge is -2.18. The van der Waals surface area contributed by atoms with Gasteiger partial charge >= 0.3 is 0 Å². The van der Waals surface area contributed by atoms with Gasteiger partial charge in [-0.05, 0) is 32.1 Å². The van der Waals surface area contributed by atoms with Crippen molar-refractivity contribution < 1.29 is 9.53 Å². The zero-order chi connectivity index (χ0) is 11.3. The molecule has 0 aromatic carbocycles. The summed E-state index contributed by atoms with van der Waals surface area (Å²) in [5, 5.41) is 3.01. The van der Waals surface area contributed by atoms with Crippen LogP contribution in [0.1, 0.15) is 46.5 Å². The average Bonchev–Trinajstić information content (AvgIpc) is 2.66. The molecule has 1 N–H and O–H groups in total. The van der Waals surface area contributed by atoms with Gasteiger partial charge in [0.2, 0.25) is 5.91 Å². The number of carbonyl (C=O) groups is 1. The molecule has 1 rings (SSSR count). The highest BCUT2D eigenvalue weighted by Crippen LogP contribution is 2.16. The molecule has 0 bridgehead atoms. The molecule has 0 radical (unpaired) electrons. The smallest absolute Gasteiger partial charge is 0.220 e. The van der Waals surface area contributed by atoms with Gasteiger partial charge in [-0.3, -0.25) is 4.79 Å². The Balaban J connectivity index is 2.12. The average molecular weight is 213 g/mol. The minimum Gasteiger partial charge on any atom is -0.378 e. The Morgan fingerprint density at radius 1 is 1.47 bits per heavy atom. The number of amides is 1. The Kier molecular flexibility index (Phi) is 5.09. The maximum Gasteiger partial charge on any atom is 0.220 e. The van der Waals surface area contributed by atoms with Crippen molar-refractivity contribution in [3.05, 3.63) is 0 Å². The van der Waals surface area contributed by atoms with Crippen molar-refractivity contribution in [3.63, 3.8) is 0 Å². The van der Waals surface area contributed by atoms with Crippen LogP contribution in [0.15, 0.2) is 0 Å². The topological polar surface area (TPSA) is 38.3 Å². The predicted octanol–water partition coefficient (Wildman–Crippen LogP) is 2.11. The lowest BCUT2D eigenvalue weighted by molar-refractivity contribution is -0.122. The molecule has 2 atom stereocenters. The molecule has 0 aromatic heterocycles. The summed E-state index contributed by atoms with van der Waals surface area (Å²) in [6, 6.07) is 0.266. The van der Waals surface area contributed by atoms with Crippen LogP contribution >= 0.6 is 0 Å². The summed E-state index contributed by atoms with van der Waals surface area (Å²) in [7, 11) is 0. The molecule has 88 valence electrons. The molecule has 1 amide bonds. The van der Waals surface area contributed by atoms with E-state index in [4.69, 9.17) is 4.74 Å². The Hall–Kier alpha value is -0.570. The number of rotatable bonds is 5. The lowest BCUT2D eigenvalue weighted by atomic mass is 10.1. The van der Waals surface area contributed by atoms with Crippen molar-refractivity contribution >= 4 is 5.91 Å². The number of ether oxygens (including phenoxy) is 1. The summed E-state index contributed by atoms with van der Waals surface area (Å²) >= 11 is 0. The molecule has 3 nitrogen and oxygen atoms in total. The van der Waals surface area contributed by atoms with E-state index >= 15 is 0 Å². The Labute approximate surface area is 92.6 Å². The largest absolute Gasteiger partial charge is 0.378 e. The molecule has 1 fully saturated rings. The number of hydrogen-bond donors (Lipinski definition) is 1. The van der Waals surface area contributed by atoms with Crippen molar-refractivity contribution in [1.29, 1.82) is 0 Å². The van der Waals surface area contributed by atoms with Crippen LogP contribution in [0, 0.1) is 5.92 Å². The first-order valence-corrected chi connectivity index (χ1v) is 6.00. The van der Waals surface area contributed by atoms with E-state index in [-0.39, 0.29) is 11.9 Å². The fourth-order valence-electron chi connectivity index (χ4n) is 1.66. The highest BCUT2D eigenvalue weighted by atomic mass is 16.5. The van der Waals surface area contributed by atoms with E-state index < -0.39 is 0 Å². The van der Waals surface area contributed by atoms with Crippen molar-refractivity contribution in [2.45, 2.75) is 58.6 Å². The van der Waals surface area contributed by atoms with Crippen LogP contribution in [0.3, 0.4) is 0 Å². The summed E-state index contributed by atoms with van der Waals surface area (Å²) < 4.78 is 5.48.